The Morgan fingerprint density at radius 3 is 1.93 bits per heavy atom. The van der Waals surface area contributed by atoms with Gasteiger partial charge in [-0.2, -0.15) is 0 Å². The largest absolute Gasteiger partial charge is 0.508 e. The van der Waals surface area contributed by atoms with E-state index in [1.165, 1.54) is 44.9 Å². The van der Waals surface area contributed by atoms with Crippen molar-refractivity contribution in [2.45, 2.75) is 78.1 Å². The van der Waals surface area contributed by atoms with E-state index in [9.17, 15) is 5.11 Å². The van der Waals surface area contributed by atoms with E-state index >= 15 is 0 Å². The number of ether oxygens (including phenoxy) is 2. The van der Waals surface area contributed by atoms with Gasteiger partial charge in [-0.25, -0.2) is 0 Å². The van der Waals surface area contributed by atoms with Crippen molar-refractivity contribution in [2.75, 3.05) is 33.0 Å². The lowest BCUT2D eigenvalue weighted by Crippen LogP contribution is -2.07. The summed E-state index contributed by atoms with van der Waals surface area (Å²) in [6, 6.07) is 7.67. The molecule has 1 rings (SSSR count). The third-order valence-electron chi connectivity index (χ3n) is 4.29. The topological polar surface area (TPSA) is 58.9 Å². The standard InChI is InChI=1S/C15H24O.C8H18O3/c1-2-3-4-5-6-7-8-11-14-12-9-10-13-15(14)16;1-2-3-5-10-7-8-11-6-4-9/h9-10,12-13,16H,2-8,11H2,1H3;9H,2-8H2,1H3. The number of aryl methyl sites for hydroxylation is 1. The van der Waals surface area contributed by atoms with Gasteiger partial charge in [-0.1, -0.05) is 77.0 Å². The molecular formula is C23H42O4. The van der Waals surface area contributed by atoms with Crippen molar-refractivity contribution in [3.05, 3.63) is 29.8 Å². The minimum atomic E-state index is 0.0922. The fraction of sp³-hybridized carbons (Fsp3) is 0.739. The van der Waals surface area contributed by atoms with E-state index in [-0.39, 0.29) is 6.61 Å². The number of aromatic hydroxyl groups is 1. The average molecular weight is 383 g/mol. The first-order valence-electron chi connectivity index (χ1n) is 10.8. The van der Waals surface area contributed by atoms with E-state index in [0.29, 0.717) is 25.6 Å². The Labute approximate surface area is 166 Å². The lowest BCUT2D eigenvalue weighted by Gasteiger charge is -2.04. The van der Waals surface area contributed by atoms with Crippen molar-refractivity contribution in [2.24, 2.45) is 0 Å². The molecule has 4 heteroatoms. The minimum absolute atomic E-state index is 0.0922. The summed E-state index contributed by atoms with van der Waals surface area (Å²) in [6.07, 6.45) is 12.6. The van der Waals surface area contributed by atoms with E-state index in [0.717, 1.165) is 31.4 Å². The molecule has 0 amide bonds. The summed E-state index contributed by atoms with van der Waals surface area (Å²) in [6.45, 7) is 6.93. The van der Waals surface area contributed by atoms with Gasteiger partial charge in [0, 0.05) is 6.61 Å². The Balaban J connectivity index is 0.000000541. The van der Waals surface area contributed by atoms with Gasteiger partial charge in [0.25, 0.3) is 0 Å². The van der Waals surface area contributed by atoms with Gasteiger partial charge < -0.3 is 19.7 Å². The first-order valence-corrected chi connectivity index (χ1v) is 10.8. The van der Waals surface area contributed by atoms with Crippen LogP contribution >= 0.6 is 0 Å². The van der Waals surface area contributed by atoms with E-state index in [2.05, 4.69) is 13.8 Å². The molecule has 158 valence electrons. The molecule has 0 aliphatic rings. The number of hydrogen-bond donors (Lipinski definition) is 2. The predicted octanol–water partition coefficient (Wildman–Crippen LogP) is 5.50. The van der Waals surface area contributed by atoms with E-state index < -0.39 is 0 Å². The van der Waals surface area contributed by atoms with Crippen LogP contribution in [0.1, 0.15) is 77.2 Å². The lowest BCUT2D eigenvalue weighted by molar-refractivity contribution is 0.0324. The van der Waals surface area contributed by atoms with E-state index in [1.54, 1.807) is 6.07 Å². The van der Waals surface area contributed by atoms with Gasteiger partial charge in [-0.3, -0.25) is 0 Å². The van der Waals surface area contributed by atoms with Crippen LogP contribution in [0.15, 0.2) is 24.3 Å². The molecule has 0 aliphatic heterocycles. The molecule has 0 unspecified atom stereocenters. The fourth-order valence-electron chi connectivity index (χ4n) is 2.63. The van der Waals surface area contributed by atoms with Gasteiger partial charge in [0.1, 0.15) is 5.75 Å². The molecule has 4 nitrogen and oxygen atoms in total. The highest BCUT2D eigenvalue weighted by molar-refractivity contribution is 5.31. The van der Waals surface area contributed by atoms with Crippen LogP contribution in [0.3, 0.4) is 0 Å². The zero-order chi connectivity index (χ0) is 20.0. The Hall–Kier alpha value is -1.10. The molecule has 27 heavy (non-hydrogen) atoms. The first-order chi connectivity index (χ1) is 13.3. The number of unbranched alkanes of at least 4 members (excludes halogenated alkanes) is 7. The highest BCUT2D eigenvalue weighted by Crippen LogP contribution is 2.18. The highest BCUT2D eigenvalue weighted by atomic mass is 16.5. The number of phenolic OH excluding ortho intramolecular Hbond substituents is 1. The molecule has 1 aromatic rings. The number of rotatable bonds is 16. The smallest absolute Gasteiger partial charge is 0.118 e. The monoisotopic (exact) mass is 382 g/mol. The quantitative estimate of drug-likeness (QED) is 0.371. The molecule has 2 N–H and O–H groups in total. The second kappa shape index (κ2) is 21.2. The maximum atomic E-state index is 9.58. The fourth-order valence-corrected chi connectivity index (χ4v) is 2.63. The average Bonchev–Trinajstić information content (AvgIpc) is 2.68. The molecule has 0 fully saturated rings. The van der Waals surface area contributed by atoms with Crippen molar-refractivity contribution < 1.29 is 19.7 Å². The van der Waals surface area contributed by atoms with Crippen LogP contribution in [0, 0.1) is 0 Å². The van der Waals surface area contributed by atoms with Crippen LogP contribution in [0.5, 0.6) is 5.75 Å². The number of aliphatic hydroxyl groups is 1. The van der Waals surface area contributed by atoms with Gasteiger partial charge in [0.05, 0.1) is 26.4 Å². The molecule has 0 aliphatic carbocycles. The van der Waals surface area contributed by atoms with Crippen LogP contribution in [0.25, 0.3) is 0 Å². The number of aliphatic hydroxyl groups excluding tert-OH is 1. The van der Waals surface area contributed by atoms with Gasteiger partial charge in [0.2, 0.25) is 0 Å². The van der Waals surface area contributed by atoms with Crippen molar-refractivity contribution in [1.29, 1.82) is 0 Å². The Morgan fingerprint density at radius 1 is 0.704 bits per heavy atom. The van der Waals surface area contributed by atoms with E-state index in [1.807, 2.05) is 18.2 Å². The van der Waals surface area contributed by atoms with Crippen molar-refractivity contribution in [3.63, 3.8) is 0 Å². The Bertz CT molecular complexity index is 401. The summed E-state index contributed by atoms with van der Waals surface area (Å²) in [4.78, 5) is 0. The van der Waals surface area contributed by atoms with Crippen molar-refractivity contribution in [3.8, 4) is 5.75 Å². The predicted molar refractivity (Wildman–Crippen MR) is 113 cm³/mol. The molecule has 0 atom stereocenters. The second-order valence-electron chi connectivity index (χ2n) is 6.80. The van der Waals surface area contributed by atoms with Crippen LogP contribution in [-0.4, -0.2) is 43.2 Å². The van der Waals surface area contributed by atoms with Gasteiger partial charge in [-0.15, -0.1) is 0 Å². The van der Waals surface area contributed by atoms with Crippen LogP contribution in [-0.2, 0) is 15.9 Å². The van der Waals surface area contributed by atoms with Gasteiger partial charge >= 0.3 is 0 Å². The number of phenols is 1. The maximum absolute atomic E-state index is 9.58. The number of benzene rings is 1. The molecule has 0 radical (unpaired) electrons. The van der Waals surface area contributed by atoms with Crippen molar-refractivity contribution in [1.82, 2.24) is 0 Å². The van der Waals surface area contributed by atoms with E-state index in [4.69, 9.17) is 14.6 Å². The molecular weight excluding hydrogens is 340 g/mol. The molecule has 0 bridgehead atoms. The summed E-state index contributed by atoms with van der Waals surface area (Å²) < 4.78 is 10.2. The normalized spacial score (nSPS) is 10.5. The summed E-state index contributed by atoms with van der Waals surface area (Å²) in [5.74, 6) is 0.452. The second-order valence-corrected chi connectivity index (χ2v) is 6.80. The first kappa shape index (κ1) is 25.9. The van der Waals surface area contributed by atoms with Crippen LogP contribution in [0.4, 0.5) is 0 Å². The molecule has 1 aromatic carbocycles. The Kier molecular flexibility index (Phi) is 20.3. The molecule has 0 saturated heterocycles. The third-order valence-corrected chi connectivity index (χ3v) is 4.29. The zero-order valence-corrected chi connectivity index (χ0v) is 17.6. The minimum Gasteiger partial charge on any atom is -0.508 e. The molecule has 0 aromatic heterocycles. The third kappa shape index (κ3) is 18.0. The summed E-state index contributed by atoms with van der Waals surface area (Å²) in [7, 11) is 0. The molecule has 0 heterocycles. The molecule has 0 spiro atoms. The van der Waals surface area contributed by atoms with Gasteiger partial charge in [-0.05, 0) is 30.9 Å². The lowest BCUT2D eigenvalue weighted by atomic mass is 10.0. The summed E-state index contributed by atoms with van der Waals surface area (Å²) >= 11 is 0. The SMILES string of the molecule is CCCCCCCCCc1ccccc1O.CCCCOCCOCCO. The molecule has 0 saturated carbocycles. The summed E-state index contributed by atoms with van der Waals surface area (Å²) in [5.41, 5.74) is 1.09. The number of para-hydroxylation sites is 1. The van der Waals surface area contributed by atoms with Crippen molar-refractivity contribution >= 4 is 0 Å². The van der Waals surface area contributed by atoms with Crippen LogP contribution < -0.4 is 0 Å². The van der Waals surface area contributed by atoms with Gasteiger partial charge in [0.15, 0.2) is 0 Å². The number of hydrogen-bond acceptors (Lipinski definition) is 4. The summed E-state index contributed by atoms with van der Waals surface area (Å²) in [5, 5.41) is 17.9. The zero-order valence-electron chi connectivity index (χ0n) is 17.6. The Morgan fingerprint density at radius 2 is 1.30 bits per heavy atom. The maximum Gasteiger partial charge on any atom is 0.118 e. The van der Waals surface area contributed by atoms with Crippen LogP contribution in [0.2, 0.25) is 0 Å². The highest BCUT2D eigenvalue weighted by Gasteiger charge is 1.98.